The number of aromatic nitrogens is 1. The summed E-state index contributed by atoms with van der Waals surface area (Å²) in [7, 11) is -3.79. The lowest BCUT2D eigenvalue weighted by molar-refractivity contribution is -0.385. The van der Waals surface area contributed by atoms with Gasteiger partial charge in [-0.25, -0.2) is 8.42 Å². The number of pyridine rings is 1. The second-order valence-electron chi connectivity index (χ2n) is 6.20. The number of hydrogen-bond donors (Lipinski definition) is 1. The second kappa shape index (κ2) is 7.38. The molecule has 0 unspecified atom stereocenters. The van der Waals surface area contributed by atoms with Crippen LogP contribution in [-0.2, 0) is 16.6 Å². The summed E-state index contributed by atoms with van der Waals surface area (Å²) in [5.41, 5.74) is 2.07. The lowest BCUT2D eigenvalue weighted by Gasteiger charge is -2.19. The molecule has 1 aliphatic rings. The summed E-state index contributed by atoms with van der Waals surface area (Å²) < 4.78 is 27.3. The average molecular weight is 376 g/mol. The summed E-state index contributed by atoms with van der Waals surface area (Å²) in [4.78, 5) is 14.5. The van der Waals surface area contributed by atoms with Crippen LogP contribution < -0.4 is 5.32 Å². The molecule has 0 atom stereocenters. The molecular weight excluding hydrogens is 356 g/mol. The monoisotopic (exact) mass is 376 g/mol. The van der Waals surface area contributed by atoms with Crippen molar-refractivity contribution in [2.24, 2.45) is 0 Å². The van der Waals surface area contributed by atoms with Gasteiger partial charge in [-0.15, -0.1) is 0 Å². The van der Waals surface area contributed by atoms with Crippen molar-refractivity contribution in [3.63, 3.8) is 0 Å². The standard InChI is InChI=1S/C17H20N4O4S/c1-13-11-18-7-6-14(13)12-19-16-5-4-15(21(22)23)10-17(16)26(24,25)20-8-2-3-9-20/h4-7,10-11,19H,2-3,8-9,12H2,1H3. The molecule has 0 bridgehead atoms. The Hall–Kier alpha value is -2.52. The van der Waals surface area contributed by atoms with E-state index in [1.807, 2.05) is 13.0 Å². The molecule has 0 amide bonds. The maximum absolute atomic E-state index is 13.0. The second-order valence-corrected chi connectivity index (χ2v) is 8.11. The smallest absolute Gasteiger partial charge is 0.270 e. The molecule has 0 saturated carbocycles. The molecule has 1 N–H and O–H groups in total. The van der Waals surface area contributed by atoms with Gasteiger partial charge in [0.05, 0.1) is 10.6 Å². The van der Waals surface area contributed by atoms with Gasteiger partial charge in [0, 0.05) is 44.2 Å². The van der Waals surface area contributed by atoms with E-state index in [-0.39, 0.29) is 10.6 Å². The normalized spacial score (nSPS) is 15.1. The predicted octanol–water partition coefficient (Wildman–Crippen LogP) is 2.69. The van der Waals surface area contributed by atoms with Crippen LogP contribution in [0.1, 0.15) is 24.0 Å². The third-order valence-corrected chi connectivity index (χ3v) is 6.40. The van der Waals surface area contributed by atoms with Crippen LogP contribution in [0, 0.1) is 17.0 Å². The molecule has 2 heterocycles. The molecule has 138 valence electrons. The number of hydrogen-bond acceptors (Lipinski definition) is 6. The molecule has 0 aliphatic carbocycles. The molecule has 3 rings (SSSR count). The van der Waals surface area contributed by atoms with E-state index >= 15 is 0 Å². The minimum Gasteiger partial charge on any atom is -0.380 e. The molecule has 2 aromatic rings. The summed E-state index contributed by atoms with van der Waals surface area (Å²) >= 11 is 0. The molecular formula is C17H20N4O4S. The number of benzene rings is 1. The minimum atomic E-state index is -3.79. The Morgan fingerprint density at radius 1 is 1.27 bits per heavy atom. The van der Waals surface area contributed by atoms with Gasteiger partial charge in [-0.1, -0.05) is 0 Å². The Morgan fingerprint density at radius 3 is 2.65 bits per heavy atom. The summed E-state index contributed by atoms with van der Waals surface area (Å²) in [6.07, 6.45) is 5.00. The van der Waals surface area contributed by atoms with Crippen molar-refractivity contribution in [3.05, 3.63) is 57.9 Å². The summed E-state index contributed by atoms with van der Waals surface area (Å²) in [6, 6.07) is 5.75. The summed E-state index contributed by atoms with van der Waals surface area (Å²) in [6.45, 7) is 3.19. The fourth-order valence-electron chi connectivity index (χ4n) is 2.94. The van der Waals surface area contributed by atoms with Gasteiger partial charge in [0.1, 0.15) is 4.90 Å². The van der Waals surface area contributed by atoms with Crippen LogP contribution in [0.3, 0.4) is 0 Å². The third-order valence-electron chi connectivity index (χ3n) is 4.46. The van der Waals surface area contributed by atoms with E-state index in [2.05, 4.69) is 10.3 Å². The Labute approximate surface area is 152 Å². The van der Waals surface area contributed by atoms with Crippen molar-refractivity contribution in [2.75, 3.05) is 18.4 Å². The highest BCUT2D eigenvalue weighted by Crippen LogP contribution is 2.31. The predicted molar refractivity (Wildman–Crippen MR) is 97.4 cm³/mol. The van der Waals surface area contributed by atoms with Crippen LogP contribution in [0.25, 0.3) is 0 Å². The third kappa shape index (κ3) is 3.68. The van der Waals surface area contributed by atoms with Crippen LogP contribution in [0.5, 0.6) is 0 Å². The number of non-ortho nitro benzene ring substituents is 1. The van der Waals surface area contributed by atoms with E-state index in [4.69, 9.17) is 0 Å². The highest BCUT2D eigenvalue weighted by atomic mass is 32.2. The Bertz CT molecular complexity index is 924. The maximum atomic E-state index is 13.0. The highest BCUT2D eigenvalue weighted by Gasteiger charge is 2.30. The van der Waals surface area contributed by atoms with E-state index < -0.39 is 14.9 Å². The van der Waals surface area contributed by atoms with Crippen molar-refractivity contribution in [1.29, 1.82) is 0 Å². The van der Waals surface area contributed by atoms with Gasteiger partial charge in [0.2, 0.25) is 10.0 Å². The number of aryl methyl sites for hydroxylation is 1. The molecule has 1 fully saturated rings. The van der Waals surface area contributed by atoms with E-state index in [0.29, 0.717) is 25.3 Å². The number of rotatable bonds is 6. The number of nitro benzene ring substituents is 1. The fourth-order valence-corrected chi connectivity index (χ4v) is 4.65. The zero-order valence-electron chi connectivity index (χ0n) is 14.4. The van der Waals surface area contributed by atoms with Crippen LogP contribution in [0.15, 0.2) is 41.6 Å². The largest absolute Gasteiger partial charge is 0.380 e. The molecule has 26 heavy (non-hydrogen) atoms. The van der Waals surface area contributed by atoms with Gasteiger partial charge in [-0.2, -0.15) is 4.31 Å². The lowest BCUT2D eigenvalue weighted by atomic mass is 10.1. The Balaban J connectivity index is 1.96. The minimum absolute atomic E-state index is 0.0553. The van der Waals surface area contributed by atoms with E-state index in [1.54, 1.807) is 12.4 Å². The number of sulfonamides is 1. The zero-order valence-corrected chi connectivity index (χ0v) is 15.2. The number of nitro groups is 1. The van der Waals surface area contributed by atoms with Crippen LogP contribution >= 0.6 is 0 Å². The topological polar surface area (TPSA) is 105 Å². The van der Waals surface area contributed by atoms with Gasteiger partial charge in [-0.3, -0.25) is 15.1 Å². The molecule has 0 spiro atoms. The molecule has 0 radical (unpaired) electrons. The molecule has 8 nitrogen and oxygen atoms in total. The van der Waals surface area contributed by atoms with E-state index in [1.165, 1.54) is 16.4 Å². The van der Waals surface area contributed by atoms with Gasteiger partial charge in [0.15, 0.2) is 0 Å². The summed E-state index contributed by atoms with van der Waals surface area (Å²) in [5, 5.41) is 14.2. The van der Waals surface area contributed by atoms with E-state index in [9.17, 15) is 18.5 Å². The van der Waals surface area contributed by atoms with Gasteiger partial charge in [0.25, 0.3) is 5.69 Å². The molecule has 1 aliphatic heterocycles. The van der Waals surface area contributed by atoms with Crippen LogP contribution in [-0.4, -0.2) is 35.7 Å². The number of nitrogens with zero attached hydrogens (tertiary/aromatic N) is 3. The Kier molecular flexibility index (Phi) is 5.19. The average Bonchev–Trinajstić information content (AvgIpc) is 3.16. The number of nitrogens with one attached hydrogen (secondary N) is 1. The molecule has 9 heteroatoms. The molecule has 1 saturated heterocycles. The molecule has 1 aromatic carbocycles. The van der Waals surface area contributed by atoms with Gasteiger partial charge < -0.3 is 5.32 Å². The van der Waals surface area contributed by atoms with Crippen molar-refractivity contribution >= 4 is 21.4 Å². The summed E-state index contributed by atoms with van der Waals surface area (Å²) in [5.74, 6) is 0. The maximum Gasteiger partial charge on any atom is 0.270 e. The quantitative estimate of drug-likeness (QED) is 0.614. The first-order chi connectivity index (χ1) is 12.4. The first kappa shape index (κ1) is 18.3. The SMILES string of the molecule is Cc1cnccc1CNc1ccc([N+](=O)[O-])cc1S(=O)(=O)N1CCCC1. The van der Waals surface area contributed by atoms with Gasteiger partial charge >= 0.3 is 0 Å². The first-order valence-corrected chi connectivity index (χ1v) is 9.75. The Morgan fingerprint density at radius 2 is 2.00 bits per heavy atom. The van der Waals surface area contributed by atoms with Crippen LogP contribution in [0.2, 0.25) is 0 Å². The van der Waals surface area contributed by atoms with Crippen molar-refractivity contribution in [1.82, 2.24) is 9.29 Å². The van der Waals surface area contributed by atoms with Crippen molar-refractivity contribution in [2.45, 2.75) is 31.2 Å². The lowest BCUT2D eigenvalue weighted by Crippen LogP contribution is -2.28. The molecule has 1 aromatic heterocycles. The first-order valence-electron chi connectivity index (χ1n) is 8.31. The van der Waals surface area contributed by atoms with Crippen LogP contribution in [0.4, 0.5) is 11.4 Å². The van der Waals surface area contributed by atoms with Gasteiger partial charge in [-0.05, 0) is 43.0 Å². The van der Waals surface area contributed by atoms with Crippen molar-refractivity contribution < 1.29 is 13.3 Å². The zero-order chi connectivity index (χ0) is 18.7. The highest BCUT2D eigenvalue weighted by molar-refractivity contribution is 7.89. The fraction of sp³-hybridized carbons (Fsp3) is 0.353. The van der Waals surface area contributed by atoms with E-state index in [0.717, 1.165) is 30.0 Å². The number of anilines is 1. The van der Waals surface area contributed by atoms with Crippen molar-refractivity contribution in [3.8, 4) is 0 Å².